The number of aliphatic hydroxyl groups excluding tert-OH is 1. The summed E-state index contributed by atoms with van der Waals surface area (Å²) in [7, 11) is 0. The zero-order chi connectivity index (χ0) is 14.5. The standard InChI is InChI=1S/C11H16ClF2N5O/c12-9-15-10(18-3-1-2-4-18)17-11(16-9)19(5-6-20)7-8(13)14/h8,20H,1-7H2. The van der Waals surface area contributed by atoms with Crippen LogP contribution in [-0.2, 0) is 0 Å². The number of nitrogens with zero attached hydrogens (tertiary/aromatic N) is 5. The van der Waals surface area contributed by atoms with Gasteiger partial charge in [-0.3, -0.25) is 0 Å². The molecule has 0 aliphatic carbocycles. The van der Waals surface area contributed by atoms with E-state index in [9.17, 15) is 8.78 Å². The Morgan fingerprint density at radius 3 is 2.55 bits per heavy atom. The number of hydrogen-bond donors (Lipinski definition) is 1. The van der Waals surface area contributed by atoms with Crippen LogP contribution in [0.2, 0.25) is 5.28 Å². The van der Waals surface area contributed by atoms with E-state index in [0.717, 1.165) is 25.9 Å². The smallest absolute Gasteiger partial charge is 0.255 e. The van der Waals surface area contributed by atoms with Gasteiger partial charge in [-0.1, -0.05) is 0 Å². The minimum Gasteiger partial charge on any atom is -0.395 e. The normalized spacial score (nSPS) is 15.2. The third kappa shape index (κ3) is 3.86. The van der Waals surface area contributed by atoms with E-state index in [2.05, 4.69) is 15.0 Å². The lowest BCUT2D eigenvalue weighted by atomic mass is 10.4. The Labute approximate surface area is 120 Å². The molecule has 1 N–H and O–H groups in total. The maximum Gasteiger partial charge on any atom is 0.255 e. The van der Waals surface area contributed by atoms with Crippen molar-refractivity contribution in [2.24, 2.45) is 0 Å². The lowest BCUT2D eigenvalue weighted by Gasteiger charge is -2.23. The van der Waals surface area contributed by atoms with E-state index in [4.69, 9.17) is 16.7 Å². The Morgan fingerprint density at radius 1 is 1.25 bits per heavy atom. The first-order valence-electron chi connectivity index (χ1n) is 6.40. The van der Waals surface area contributed by atoms with Gasteiger partial charge in [0, 0.05) is 19.6 Å². The highest BCUT2D eigenvalue weighted by Gasteiger charge is 2.20. The molecule has 9 heteroatoms. The quantitative estimate of drug-likeness (QED) is 0.851. The highest BCUT2D eigenvalue weighted by Crippen LogP contribution is 2.20. The Kier molecular flexibility index (Phi) is 5.24. The molecule has 2 heterocycles. The molecular formula is C11H16ClF2N5O. The zero-order valence-electron chi connectivity index (χ0n) is 10.8. The van der Waals surface area contributed by atoms with Crippen LogP contribution >= 0.6 is 11.6 Å². The van der Waals surface area contributed by atoms with Crippen molar-refractivity contribution in [2.75, 3.05) is 42.6 Å². The van der Waals surface area contributed by atoms with Crippen LogP contribution in [0.1, 0.15) is 12.8 Å². The summed E-state index contributed by atoms with van der Waals surface area (Å²) in [4.78, 5) is 15.2. The Bertz CT molecular complexity index is 445. The second-order valence-electron chi connectivity index (χ2n) is 4.46. The maximum absolute atomic E-state index is 12.6. The van der Waals surface area contributed by atoms with Crippen molar-refractivity contribution in [2.45, 2.75) is 19.3 Å². The molecule has 20 heavy (non-hydrogen) atoms. The summed E-state index contributed by atoms with van der Waals surface area (Å²) in [5.74, 6) is 0.468. The Morgan fingerprint density at radius 2 is 1.95 bits per heavy atom. The number of aliphatic hydroxyl groups is 1. The predicted octanol–water partition coefficient (Wildman–Crippen LogP) is 1.19. The molecule has 0 radical (unpaired) electrons. The van der Waals surface area contributed by atoms with Crippen LogP contribution < -0.4 is 9.80 Å². The van der Waals surface area contributed by atoms with Gasteiger partial charge in [-0.05, 0) is 24.4 Å². The van der Waals surface area contributed by atoms with Gasteiger partial charge in [-0.2, -0.15) is 15.0 Å². The third-order valence-electron chi connectivity index (χ3n) is 2.98. The monoisotopic (exact) mass is 307 g/mol. The van der Waals surface area contributed by atoms with Crippen molar-refractivity contribution in [3.63, 3.8) is 0 Å². The molecular weight excluding hydrogens is 292 g/mol. The summed E-state index contributed by atoms with van der Waals surface area (Å²) in [6, 6.07) is 0. The Balaban J connectivity index is 2.23. The van der Waals surface area contributed by atoms with E-state index >= 15 is 0 Å². The summed E-state index contributed by atoms with van der Waals surface area (Å²) in [5, 5.41) is 8.93. The molecule has 1 aromatic heterocycles. The third-order valence-corrected chi connectivity index (χ3v) is 3.15. The van der Waals surface area contributed by atoms with E-state index in [-0.39, 0.29) is 24.4 Å². The van der Waals surface area contributed by atoms with E-state index in [1.165, 1.54) is 4.90 Å². The number of alkyl halides is 2. The van der Waals surface area contributed by atoms with Gasteiger partial charge in [-0.15, -0.1) is 0 Å². The molecule has 2 rings (SSSR count). The number of halogens is 3. The molecule has 0 amide bonds. The molecule has 1 fully saturated rings. The molecule has 0 aromatic carbocycles. The summed E-state index contributed by atoms with van der Waals surface area (Å²) in [6.45, 7) is 0.822. The minimum atomic E-state index is -2.55. The molecule has 1 aromatic rings. The Hall–Kier alpha value is -1.28. The van der Waals surface area contributed by atoms with E-state index in [1.807, 2.05) is 4.90 Å². The van der Waals surface area contributed by atoms with Crippen LogP contribution in [0.25, 0.3) is 0 Å². The van der Waals surface area contributed by atoms with E-state index in [1.54, 1.807) is 0 Å². The van der Waals surface area contributed by atoms with Crippen molar-refractivity contribution in [1.82, 2.24) is 15.0 Å². The van der Waals surface area contributed by atoms with E-state index < -0.39 is 13.0 Å². The van der Waals surface area contributed by atoms with Crippen LogP contribution in [0.5, 0.6) is 0 Å². The first-order chi connectivity index (χ1) is 9.60. The fraction of sp³-hybridized carbons (Fsp3) is 0.727. The number of rotatable bonds is 6. The van der Waals surface area contributed by atoms with Gasteiger partial charge in [-0.25, -0.2) is 8.78 Å². The van der Waals surface area contributed by atoms with Crippen molar-refractivity contribution < 1.29 is 13.9 Å². The lowest BCUT2D eigenvalue weighted by molar-refractivity contribution is 0.152. The van der Waals surface area contributed by atoms with E-state index in [0.29, 0.717) is 5.95 Å². The van der Waals surface area contributed by atoms with Crippen molar-refractivity contribution in [3.05, 3.63) is 5.28 Å². The SMILES string of the molecule is OCCN(CC(F)F)c1nc(Cl)nc(N2CCCC2)n1. The topological polar surface area (TPSA) is 65.4 Å². The van der Waals surface area contributed by atoms with Gasteiger partial charge < -0.3 is 14.9 Å². The summed E-state index contributed by atoms with van der Waals surface area (Å²) in [5.41, 5.74) is 0. The lowest BCUT2D eigenvalue weighted by Crippen LogP contribution is -2.34. The van der Waals surface area contributed by atoms with Crippen LogP contribution in [0, 0.1) is 0 Å². The molecule has 0 unspecified atom stereocenters. The largest absolute Gasteiger partial charge is 0.395 e. The molecule has 0 spiro atoms. The average Bonchev–Trinajstić information content (AvgIpc) is 2.91. The molecule has 6 nitrogen and oxygen atoms in total. The number of hydrogen-bond acceptors (Lipinski definition) is 6. The summed E-state index contributed by atoms with van der Waals surface area (Å²) >= 11 is 5.84. The summed E-state index contributed by atoms with van der Waals surface area (Å²) < 4.78 is 25.1. The predicted molar refractivity (Wildman–Crippen MR) is 71.6 cm³/mol. The van der Waals surface area contributed by atoms with Crippen molar-refractivity contribution >= 4 is 23.5 Å². The first-order valence-corrected chi connectivity index (χ1v) is 6.78. The highest BCUT2D eigenvalue weighted by molar-refractivity contribution is 6.28. The second-order valence-corrected chi connectivity index (χ2v) is 4.80. The van der Waals surface area contributed by atoms with Gasteiger partial charge >= 0.3 is 0 Å². The maximum atomic E-state index is 12.6. The molecule has 0 bridgehead atoms. The van der Waals surface area contributed by atoms with Gasteiger partial charge in [0.05, 0.1) is 13.2 Å². The molecule has 0 saturated carbocycles. The van der Waals surface area contributed by atoms with Gasteiger partial charge in [0.2, 0.25) is 17.2 Å². The zero-order valence-corrected chi connectivity index (χ0v) is 11.6. The fourth-order valence-corrected chi connectivity index (χ4v) is 2.24. The molecule has 1 aliphatic rings. The van der Waals surface area contributed by atoms with Gasteiger partial charge in [0.15, 0.2) is 0 Å². The highest BCUT2D eigenvalue weighted by atomic mass is 35.5. The van der Waals surface area contributed by atoms with Crippen LogP contribution in [0.15, 0.2) is 0 Å². The molecule has 112 valence electrons. The number of aromatic nitrogens is 3. The minimum absolute atomic E-state index is 0.0180. The van der Waals surface area contributed by atoms with Crippen molar-refractivity contribution in [3.8, 4) is 0 Å². The van der Waals surface area contributed by atoms with Crippen LogP contribution in [0.4, 0.5) is 20.7 Å². The number of anilines is 2. The molecule has 1 aliphatic heterocycles. The van der Waals surface area contributed by atoms with Crippen LogP contribution in [0.3, 0.4) is 0 Å². The second kappa shape index (κ2) is 6.94. The van der Waals surface area contributed by atoms with Gasteiger partial charge in [0.25, 0.3) is 6.43 Å². The van der Waals surface area contributed by atoms with Crippen molar-refractivity contribution in [1.29, 1.82) is 0 Å². The van der Waals surface area contributed by atoms with Crippen LogP contribution in [-0.4, -0.2) is 59.3 Å². The average molecular weight is 308 g/mol. The molecule has 1 saturated heterocycles. The fourth-order valence-electron chi connectivity index (χ4n) is 2.09. The first kappa shape index (κ1) is 15.1. The summed E-state index contributed by atoms with van der Waals surface area (Å²) in [6.07, 6.45) is -0.473. The van der Waals surface area contributed by atoms with Gasteiger partial charge in [0.1, 0.15) is 0 Å². The molecule has 0 atom stereocenters.